The Morgan fingerprint density at radius 3 is 2.58 bits per heavy atom. The van der Waals surface area contributed by atoms with Gasteiger partial charge >= 0.3 is 0 Å². The normalized spacial score (nSPS) is 12.0. The van der Waals surface area contributed by atoms with Crippen LogP contribution < -0.4 is 5.32 Å². The number of carbonyl (C=O) groups is 1. The van der Waals surface area contributed by atoms with Crippen LogP contribution in [0.15, 0.2) is 52.9 Å². The molecule has 0 aliphatic heterocycles. The molecule has 3 aromatic rings. The zero-order valence-corrected chi connectivity index (χ0v) is 16.7. The number of para-hydroxylation sites is 1. The van der Waals surface area contributed by atoms with Crippen molar-refractivity contribution in [1.82, 2.24) is 10.2 Å². The maximum Gasteiger partial charge on any atom is 0.210 e. The molecule has 0 bridgehead atoms. The lowest BCUT2D eigenvalue weighted by molar-refractivity contribution is 0.0994. The van der Waals surface area contributed by atoms with Gasteiger partial charge in [-0.2, -0.15) is 0 Å². The Hall–Kier alpha value is -2.18. The number of ketones is 1. The Morgan fingerprint density at radius 2 is 1.88 bits per heavy atom. The van der Waals surface area contributed by atoms with Crippen molar-refractivity contribution in [3.05, 3.63) is 65.2 Å². The number of thioether (sulfide) groups is 1. The second-order valence-corrected chi connectivity index (χ2v) is 8.55. The highest BCUT2D eigenvalue weighted by Crippen LogP contribution is 2.32. The van der Waals surface area contributed by atoms with Crippen LogP contribution in [0.5, 0.6) is 0 Å². The van der Waals surface area contributed by atoms with E-state index in [1.807, 2.05) is 62.4 Å². The average molecular weight is 384 g/mol. The Morgan fingerprint density at radius 1 is 1.15 bits per heavy atom. The first-order valence-corrected chi connectivity index (χ1v) is 10.2. The molecular formula is C20H21N3OS2. The lowest BCUT2D eigenvalue weighted by Crippen LogP contribution is -2.13. The number of anilines is 2. The van der Waals surface area contributed by atoms with E-state index in [1.54, 1.807) is 0 Å². The largest absolute Gasteiger partial charge is 0.330 e. The molecule has 1 heterocycles. The number of aromatic nitrogens is 2. The van der Waals surface area contributed by atoms with Crippen molar-refractivity contribution in [2.45, 2.75) is 36.8 Å². The van der Waals surface area contributed by atoms with Crippen LogP contribution in [0, 0.1) is 6.92 Å². The third kappa shape index (κ3) is 4.51. The van der Waals surface area contributed by atoms with Crippen molar-refractivity contribution in [2.24, 2.45) is 0 Å². The Kier molecular flexibility index (Phi) is 6.06. The molecule has 0 fully saturated rings. The van der Waals surface area contributed by atoms with Crippen LogP contribution in [0.1, 0.15) is 35.3 Å². The Labute approximate surface area is 162 Å². The van der Waals surface area contributed by atoms with Gasteiger partial charge in [0.25, 0.3) is 0 Å². The number of hydrogen-bond donors (Lipinski definition) is 1. The number of nitrogens with one attached hydrogen (secondary N) is 1. The van der Waals surface area contributed by atoms with Crippen molar-refractivity contribution in [3.8, 4) is 0 Å². The number of aryl methyl sites for hydroxylation is 2. The van der Waals surface area contributed by atoms with Crippen LogP contribution in [0.25, 0.3) is 0 Å². The van der Waals surface area contributed by atoms with Gasteiger partial charge in [0.05, 0.1) is 5.25 Å². The summed E-state index contributed by atoms with van der Waals surface area (Å²) in [6, 6.07) is 15.9. The van der Waals surface area contributed by atoms with E-state index in [2.05, 4.69) is 22.4 Å². The van der Waals surface area contributed by atoms with Crippen LogP contribution in [-0.4, -0.2) is 21.2 Å². The summed E-state index contributed by atoms with van der Waals surface area (Å²) in [7, 11) is 0. The van der Waals surface area contributed by atoms with Crippen molar-refractivity contribution >= 4 is 39.7 Å². The molecule has 0 saturated heterocycles. The van der Waals surface area contributed by atoms with Gasteiger partial charge in [0, 0.05) is 11.3 Å². The number of rotatable bonds is 7. The fourth-order valence-electron chi connectivity index (χ4n) is 2.48. The molecule has 0 aliphatic carbocycles. The van der Waals surface area contributed by atoms with Gasteiger partial charge in [0.15, 0.2) is 10.1 Å². The van der Waals surface area contributed by atoms with E-state index in [1.165, 1.54) is 28.7 Å². The summed E-state index contributed by atoms with van der Waals surface area (Å²) in [6.45, 7) is 6.06. The summed E-state index contributed by atoms with van der Waals surface area (Å²) in [6.07, 6.45) is 0.972. The second kappa shape index (κ2) is 8.47. The number of nitrogens with zero attached hydrogens (tertiary/aromatic N) is 2. The number of carbonyl (C=O) groups excluding carboxylic acids is 1. The van der Waals surface area contributed by atoms with Crippen LogP contribution in [0.3, 0.4) is 0 Å². The molecule has 6 heteroatoms. The zero-order valence-electron chi connectivity index (χ0n) is 15.0. The minimum atomic E-state index is -0.207. The van der Waals surface area contributed by atoms with Crippen LogP contribution in [-0.2, 0) is 6.42 Å². The maximum atomic E-state index is 12.6. The van der Waals surface area contributed by atoms with Crippen molar-refractivity contribution < 1.29 is 4.79 Å². The van der Waals surface area contributed by atoms with E-state index in [-0.39, 0.29) is 11.0 Å². The molecule has 3 rings (SSSR count). The molecule has 26 heavy (non-hydrogen) atoms. The molecule has 1 atom stereocenters. The van der Waals surface area contributed by atoms with Gasteiger partial charge in [0.2, 0.25) is 5.13 Å². The summed E-state index contributed by atoms with van der Waals surface area (Å²) in [5.41, 5.74) is 4.14. The molecule has 0 unspecified atom stereocenters. The van der Waals surface area contributed by atoms with E-state index in [4.69, 9.17) is 0 Å². The summed E-state index contributed by atoms with van der Waals surface area (Å²) < 4.78 is 0.784. The molecule has 1 aromatic heterocycles. The monoisotopic (exact) mass is 383 g/mol. The zero-order chi connectivity index (χ0) is 18.5. The van der Waals surface area contributed by atoms with Gasteiger partial charge in [-0.25, -0.2) is 0 Å². The number of hydrogen-bond acceptors (Lipinski definition) is 6. The minimum absolute atomic E-state index is 0.112. The molecule has 0 amide bonds. The lowest BCUT2D eigenvalue weighted by Gasteiger charge is -2.08. The smallest absolute Gasteiger partial charge is 0.210 e. The van der Waals surface area contributed by atoms with Gasteiger partial charge in [-0.15, -0.1) is 10.2 Å². The molecule has 0 radical (unpaired) electrons. The van der Waals surface area contributed by atoms with Gasteiger partial charge < -0.3 is 5.32 Å². The third-order valence-electron chi connectivity index (χ3n) is 4.09. The summed E-state index contributed by atoms with van der Waals surface area (Å²) in [4.78, 5) is 12.6. The average Bonchev–Trinajstić information content (AvgIpc) is 3.10. The number of benzene rings is 2. The molecule has 134 valence electrons. The van der Waals surface area contributed by atoms with E-state index < -0.39 is 0 Å². The predicted molar refractivity (Wildman–Crippen MR) is 110 cm³/mol. The Bertz CT molecular complexity index is 890. The van der Waals surface area contributed by atoms with Crippen molar-refractivity contribution in [1.29, 1.82) is 0 Å². The summed E-state index contributed by atoms with van der Waals surface area (Å²) in [5, 5.41) is 12.2. The SMILES string of the molecule is CCc1ccc(C(=O)[C@H](C)Sc2nnc(Nc3ccccc3C)s2)cc1. The van der Waals surface area contributed by atoms with E-state index in [0.717, 1.165) is 32.7 Å². The van der Waals surface area contributed by atoms with Gasteiger partial charge in [-0.05, 0) is 37.5 Å². The summed E-state index contributed by atoms with van der Waals surface area (Å²) >= 11 is 2.91. The third-order valence-corrected chi connectivity index (χ3v) is 6.11. The molecular weight excluding hydrogens is 362 g/mol. The molecule has 0 spiro atoms. The first-order valence-electron chi connectivity index (χ1n) is 8.52. The molecule has 0 saturated carbocycles. The van der Waals surface area contributed by atoms with Gasteiger partial charge in [0.1, 0.15) is 0 Å². The van der Waals surface area contributed by atoms with Crippen LogP contribution >= 0.6 is 23.1 Å². The maximum absolute atomic E-state index is 12.6. The highest BCUT2D eigenvalue weighted by molar-refractivity contribution is 8.02. The second-order valence-electron chi connectivity index (χ2n) is 5.99. The quantitative estimate of drug-likeness (QED) is 0.430. The number of Topliss-reactive ketones (excluding diaryl/α,β-unsaturated/α-hetero) is 1. The fraction of sp³-hybridized carbons (Fsp3) is 0.250. The summed E-state index contributed by atoms with van der Waals surface area (Å²) in [5.74, 6) is 0.112. The van der Waals surface area contributed by atoms with Crippen molar-refractivity contribution in [2.75, 3.05) is 5.32 Å². The van der Waals surface area contributed by atoms with Gasteiger partial charge in [-0.3, -0.25) is 4.79 Å². The fourth-order valence-corrected chi connectivity index (χ4v) is 4.47. The van der Waals surface area contributed by atoms with Crippen LogP contribution in [0.2, 0.25) is 0 Å². The highest BCUT2D eigenvalue weighted by atomic mass is 32.2. The lowest BCUT2D eigenvalue weighted by atomic mass is 10.1. The standard InChI is InChI=1S/C20H21N3OS2/c1-4-15-9-11-16(12-10-15)18(24)14(3)25-20-23-22-19(26-20)21-17-8-6-5-7-13(17)2/h5-12,14H,4H2,1-3H3,(H,21,22)/t14-/m0/s1. The predicted octanol–water partition coefficient (Wildman–Crippen LogP) is 5.52. The van der Waals surface area contributed by atoms with Crippen LogP contribution in [0.4, 0.5) is 10.8 Å². The molecule has 4 nitrogen and oxygen atoms in total. The Balaban J connectivity index is 1.64. The minimum Gasteiger partial charge on any atom is -0.330 e. The molecule has 2 aromatic carbocycles. The highest BCUT2D eigenvalue weighted by Gasteiger charge is 2.19. The first kappa shape index (κ1) is 18.6. The van der Waals surface area contributed by atoms with Gasteiger partial charge in [-0.1, -0.05) is 72.5 Å². The van der Waals surface area contributed by atoms with E-state index in [0.29, 0.717) is 0 Å². The first-order chi connectivity index (χ1) is 12.6. The molecule has 0 aliphatic rings. The van der Waals surface area contributed by atoms with E-state index in [9.17, 15) is 4.79 Å². The topological polar surface area (TPSA) is 54.9 Å². The van der Waals surface area contributed by atoms with Crippen molar-refractivity contribution in [3.63, 3.8) is 0 Å². The van der Waals surface area contributed by atoms with E-state index >= 15 is 0 Å². The molecule has 1 N–H and O–H groups in total.